The van der Waals surface area contributed by atoms with Crippen molar-refractivity contribution in [3.63, 3.8) is 0 Å². The van der Waals surface area contributed by atoms with Gasteiger partial charge in [0.05, 0.1) is 14.2 Å². The molecule has 0 spiro atoms. The van der Waals surface area contributed by atoms with Crippen molar-refractivity contribution in [2.24, 2.45) is 0 Å². The van der Waals surface area contributed by atoms with Crippen LogP contribution in [0.3, 0.4) is 0 Å². The highest BCUT2D eigenvalue weighted by molar-refractivity contribution is 5.53. The van der Waals surface area contributed by atoms with Crippen LogP contribution in [-0.2, 0) is 12.0 Å². The summed E-state index contributed by atoms with van der Waals surface area (Å²) in [7, 11) is 3.28. The largest absolute Gasteiger partial charge is 0.497 e. The molecule has 1 aliphatic rings. The van der Waals surface area contributed by atoms with Crippen molar-refractivity contribution in [2.75, 3.05) is 14.2 Å². The molecule has 0 radical (unpaired) electrons. The Morgan fingerprint density at radius 3 is 2.52 bits per heavy atom. The van der Waals surface area contributed by atoms with Gasteiger partial charge in [0.25, 0.3) is 0 Å². The first kappa shape index (κ1) is 14.0. The average Bonchev–Trinajstić information content (AvgIpc) is 2.85. The SMILES string of the molecule is COc1ccc2c(c1)C(O)(c1cc(C)ccc1OC)CC2. The molecule has 0 saturated heterocycles. The molecule has 0 fully saturated rings. The summed E-state index contributed by atoms with van der Waals surface area (Å²) in [6.45, 7) is 2.02. The third kappa shape index (κ3) is 2.18. The van der Waals surface area contributed by atoms with Crippen molar-refractivity contribution < 1.29 is 14.6 Å². The maximum Gasteiger partial charge on any atom is 0.125 e. The molecule has 2 aromatic rings. The molecule has 1 N–H and O–H groups in total. The Hall–Kier alpha value is -2.00. The molecule has 0 saturated carbocycles. The van der Waals surface area contributed by atoms with Crippen LogP contribution in [0.4, 0.5) is 0 Å². The minimum absolute atomic E-state index is 0.662. The Labute approximate surface area is 125 Å². The first-order valence-electron chi connectivity index (χ1n) is 7.13. The van der Waals surface area contributed by atoms with Crippen LogP contribution in [0, 0.1) is 6.92 Å². The Kier molecular flexibility index (Phi) is 3.38. The number of hydrogen-bond donors (Lipinski definition) is 1. The summed E-state index contributed by atoms with van der Waals surface area (Å²) >= 11 is 0. The molecule has 0 bridgehead atoms. The molecule has 0 amide bonds. The summed E-state index contributed by atoms with van der Waals surface area (Å²) in [5.74, 6) is 1.49. The Bertz CT molecular complexity index is 678. The molecule has 2 aromatic carbocycles. The predicted octanol–water partition coefficient (Wildman–Crippen LogP) is 3.19. The van der Waals surface area contributed by atoms with Crippen LogP contribution in [0.15, 0.2) is 36.4 Å². The van der Waals surface area contributed by atoms with E-state index < -0.39 is 5.60 Å². The zero-order valence-electron chi connectivity index (χ0n) is 12.6. The van der Waals surface area contributed by atoms with Gasteiger partial charge in [-0.2, -0.15) is 0 Å². The molecule has 1 aliphatic carbocycles. The fraction of sp³-hybridized carbons (Fsp3) is 0.333. The average molecular weight is 284 g/mol. The van der Waals surface area contributed by atoms with Gasteiger partial charge in [-0.05, 0) is 55.2 Å². The smallest absolute Gasteiger partial charge is 0.125 e. The first-order chi connectivity index (χ1) is 10.1. The molecule has 0 heterocycles. The van der Waals surface area contributed by atoms with Crippen molar-refractivity contribution in [1.29, 1.82) is 0 Å². The van der Waals surface area contributed by atoms with E-state index in [4.69, 9.17) is 9.47 Å². The molecule has 21 heavy (non-hydrogen) atoms. The van der Waals surface area contributed by atoms with Crippen LogP contribution in [-0.4, -0.2) is 19.3 Å². The number of ether oxygens (including phenoxy) is 2. The number of methoxy groups -OCH3 is 2. The third-order valence-electron chi connectivity index (χ3n) is 4.32. The highest BCUT2D eigenvalue weighted by atomic mass is 16.5. The number of hydrogen-bond acceptors (Lipinski definition) is 3. The van der Waals surface area contributed by atoms with Gasteiger partial charge in [-0.1, -0.05) is 17.7 Å². The molecular weight excluding hydrogens is 264 g/mol. The number of rotatable bonds is 3. The fourth-order valence-corrected chi connectivity index (χ4v) is 3.16. The zero-order valence-corrected chi connectivity index (χ0v) is 12.6. The second-order valence-corrected chi connectivity index (χ2v) is 5.59. The van der Waals surface area contributed by atoms with Crippen LogP contribution >= 0.6 is 0 Å². The van der Waals surface area contributed by atoms with E-state index in [1.807, 2.05) is 43.3 Å². The summed E-state index contributed by atoms with van der Waals surface area (Å²) in [5, 5.41) is 11.3. The van der Waals surface area contributed by atoms with Gasteiger partial charge in [-0.25, -0.2) is 0 Å². The molecule has 110 valence electrons. The van der Waals surface area contributed by atoms with Gasteiger partial charge in [0.2, 0.25) is 0 Å². The summed E-state index contributed by atoms with van der Waals surface area (Å²) in [6, 6.07) is 11.8. The molecule has 0 aliphatic heterocycles. The molecule has 1 atom stereocenters. The van der Waals surface area contributed by atoms with Crippen molar-refractivity contribution >= 4 is 0 Å². The summed E-state index contributed by atoms with van der Waals surface area (Å²) in [4.78, 5) is 0. The molecule has 0 aromatic heterocycles. The molecular formula is C18H20O3. The van der Waals surface area contributed by atoms with E-state index in [1.165, 1.54) is 5.56 Å². The van der Waals surface area contributed by atoms with E-state index in [-0.39, 0.29) is 0 Å². The van der Waals surface area contributed by atoms with Crippen molar-refractivity contribution in [3.05, 3.63) is 58.7 Å². The fourth-order valence-electron chi connectivity index (χ4n) is 3.16. The van der Waals surface area contributed by atoms with E-state index in [0.717, 1.165) is 34.6 Å². The van der Waals surface area contributed by atoms with Crippen LogP contribution in [0.25, 0.3) is 0 Å². The highest BCUT2D eigenvalue weighted by Crippen LogP contribution is 2.46. The van der Waals surface area contributed by atoms with Gasteiger partial charge in [-0.15, -0.1) is 0 Å². The minimum atomic E-state index is -1.01. The maximum atomic E-state index is 11.3. The van der Waals surface area contributed by atoms with Crippen LogP contribution in [0.1, 0.15) is 28.7 Å². The van der Waals surface area contributed by atoms with Gasteiger partial charge in [0.15, 0.2) is 0 Å². The maximum absolute atomic E-state index is 11.3. The van der Waals surface area contributed by atoms with E-state index in [9.17, 15) is 5.11 Å². The summed E-state index contributed by atoms with van der Waals surface area (Å²) < 4.78 is 10.8. The number of fused-ring (bicyclic) bond motifs is 1. The first-order valence-corrected chi connectivity index (χ1v) is 7.13. The van der Waals surface area contributed by atoms with Crippen LogP contribution in [0.5, 0.6) is 11.5 Å². The van der Waals surface area contributed by atoms with Gasteiger partial charge >= 0.3 is 0 Å². The third-order valence-corrected chi connectivity index (χ3v) is 4.32. The Morgan fingerprint density at radius 2 is 1.81 bits per heavy atom. The lowest BCUT2D eigenvalue weighted by Crippen LogP contribution is -2.25. The summed E-state index contributed by atoms with van der Waals surface area (Å²) in [6.07, 6.45) is 1.52. The monoisotopic (exact) mass is 284 g/mol. The second kappa shape index (κ2) is 5.08. The van der Waals surface area contributed by atoms with Crippen molar-refractivity contribution in [3.8, 4) is 11.5 Å². The topological polar surface area (TPSA) is 38.7 Å². The van der Waals surface area contributed by atoms with E-state index >= 15 is 0 Å². The minimum Gasteiger partial charge on any atom is -0.497 e. The molecule has 1 unspecified atom stereocenters. The second-order valence-electron chi connectivity index (χ2n) is 5.59. The van der Waals surface area contributed by atoms with Gasteiger partial charge in [0.1, 0.15) is 17.1 Å². The normalized spacial score (nSPS) is 20.2. The van der Waals surface area contributed by atoms with E-state index in [0.29, 0.717) is 6.42 Å². The molecule has 3 rings (SSSR count). The van der Waals surface area contributed by atoms with Gasteiger partial charge < -0.3 is 14.6 Å². The lowest BCUT2D eigenvalue weighted by Gasteiger charge is -2.27. The Morgan fingerprint density at radius 1 is 1.00 bits per heavy atom. The van der Waals surface area contributed by atoms with Crippen molar-refractivity contribution in [2.45, 2.75) is 25.4 Å². The lowest BCUT2D eigenvalue weighted by molar-refractivity contribution is 0.0797. The van der Waals surface area contributed by atoms with E-state index in [1.54, 1.807) is 14.2 Å². The molecule has 3 heteroatoms. The predicted molar refractivity (Wildman–Crippen MR) is 82.0 cm³/mol. The summed E-state index contributed by atoms with van der Waals surface area (Å²) in [5.41, 5.74) is 3.02. The highest BCUT2D eigenvalue weighted by Gasteiger charge is 2.40. The standard InChI is InChI=1S/C18H20O3/c1-12-4-7-17(21-3)16(10-12)18(19)9-8-13-5-6-14(20-2)11-15(13)18/h4-7,10-11,19H,8-9H2,1-3H3. The van der Waals surface area contributed by atoms with Crippen LogP contribution < -0.4 is 9.47 Å². The number of aryl methyl sites for hydroxylation is 2. The van der Waals surface area contributed by atoms with E-state index in [2.05, 4.69) is 0 Å². The quantitative estimate of drug-likeness (QED) is 0.940. The van der Waals surface area contributed by atoms with Crippen molar-refractivity contribution in [1.82, 2.24) is 0 Å². The molecule has 3 nitrogen and oxygen atoms in total. The van der Waals surface area contributed by atoms with Gasteiger partial charge in [-0.3, -0.25) is 0 Å². The van der Waals surface area contributed by atoms with Crippen LogP contribution in [0.2, 0.25) is 0 Å². The number of aliphatic hydroxyl groups is 1. The number of benzene rings is 2. The lowest BCUT2D eigenvalue weighted by atomic mass is 9.86. The zero-order chi connectivity index (χ0) is 15.0. The van der Waals surface area contributed by atoms with Gasteiger partial charge in [0, 0.05) is 5.56 Å². The Balaban J connectivity index is 2.18.